The minimum Gasteiger partial charge on any atom is -0.312 e. The third-order valence-electron chi connectivity index (χ3n) is 1.48. The number of hydrogen-bond donors (Lipinski definition) is 0. The van der Waals surface area contributed by atoms with E-state index in [4.69, 9.17) is 0 Å². The van der Waals surface area contributed by atoms with Gasteiger partial charge in [0, 0.05) is 17.9 Å². The molecule has 0 aromatic heterocycles. The molecule has 0 saturated carbocycles. The molecule has 0 radical (unpaired) electrons. The summed E-state index contributed by atoms with van der Waals surface area (Å²) in [7, 11) is 2.57. The molecule has 0 N–H and O–H groups in total. The van der Waals surface area contributed by atoms with E-state index >= 15 is 0 Å². The normalized spacial score (nSPS) is 11.6. The average Bonchev–Trinajstić information content (AvgIpc) is 2.23. The van der Waals surface area contributed by atoms with Gasteiger partial charge in [-0.05, 0) is 6.92 Å². The molecule has 0 fully saturated rings. The second-order valence-electron chi connectivity index (χ2n) is 3.03. The summed E-state index contributed by atoms with van der Waals surface area (Å²) in [6.07, 6.45) is -0.607. The highest BCUT2D eigenvalue weighted by Crippen LogP contribution is 2.23. The molecule has 0 spiro atoms. The van der Waals surface area contributed by atoms with E-state index in [1.807, 2.05) is 0 Å². The van der Waals surface area contributed by atoms with Crippen molar-refractivity contribution < 1.29 is 24.6 Å². The number of carbonyl (C=O) groups is 1. The monoisotopic (exact) mass is 300 g/mol. The first-order valence-electron chi connectivity index (χ1n) is 4.74. The Bertz CT molecular complexity index is 302. The lowest BCUT2D eigenvalue weighted by molar-refractivity contribution is -0.788. The van der Waals surface area contributed by atoms with E-state index in [0.29, 0.717) is 12.2 Å². The lowest BCUT2D eigenvalue weighted by atomic mass is 10.4. The standard InChI is InChI=1S/C7H12N2O7S2/c1-6(10)2-3-17-18-5-7(16-9(13)14)4-15-8(11)12/h7H,2-5H2,1H3. The summed E-state index contributed by atoms with van der Waals surface area (Å²) in [6, 6.07) is 0. The van der Waals surface area contributed by atoms with Crippen LogP contribution in [-0.4, -0.2) is 40.2 Å². The van der Waals surface area contributed by atoms with Gasteiger partial charge in [-0.15, -0.1) is 20.2 Å². The predicted octanol–water partition coefficient (Wildman–Crippen LogP) is 1.13. The third kappa shape index (κ3) is 11.3. The minimum absolute atomic E-state index is 0.0536. The Morgan fingerprint density at radius 1 is 1.28 bits per heavy atom. The van der Waals surface area contributed by atoms with Crippen LogP contribution in [0, 0.1) is 20.2 Å². The van der Waals surface area contributed by atoms with Crippen molar-refractivity contribution >= 4 is 27.4 Å². The number of carbonyl (C=O) groups excluding carboxylic acids is 1. The van der Waals surface area contributed by atoms with Gasteiger partial charge in [0.25, 0.3) is 10.2 Å². The van der Waals surface area contributed by atoms with Gasteiger partial charge in [0.05, 0.1) is 0 Å². The van der Waals surface area contributed by atoms with Crippen molar-refractivity contribution in [2.24, 2.45) is 0 Å². The van der Waals surface area contributed by atoms with Crippen LogP contribution >= 0.6 is 21.6 Å². The van der Waals surface area contributed by atoms with Crippen LogP contribution in [0.1, 0.15) is 13.3 Å². The van der Waals surface area contributed by atoms with Gasteiger partial charge >= 0.3 is 0 Å². The number of hydrogen-bond acceptors (Lipinski definition) is 9. The van der Waals surface area contributed by atoms with E-state index in [1.54, 1.807) is 0 Å². The summed E-state index contributed by atoms with van der Waals surface area (Å²) in [4.78, 5) is 38.9. The molecule has 104 valence electrons. The van der Waals surface area contributed by atoms with Crippen LogP contribution in [-0.2, 0) is 14.5 Å². The topological polar surface area (TPSA) is 122 Å². The predicted molar refractivity (Wildman–Crippen MR) is 65.0 cm³/mol. The molecular formula is C7H12N2O7S2. The first-order chi connectivity index (χ1) is 8.41. The molecule has 0 saturated heterocycles. The summed E-state index contributed by atoms with van der Waals surface area (Å²) in [5, 5.41) is 18.0. The largest absolute Gasteiger partial charge is 0.312 e. The molecule has 0 amide bonds. The number of nitrogens with zero attached hydrogens (tertiary/aromatic N) is 2. The van der Waals surface area contributed by atoms with E-state index in [-0.39, 0.29) is 11.5 Å². The van der Waals surface area contributed by atoms with Crippen LogP contribution in [0.15, 0.2) is 0 Å². The Morgan fingerprint density at radius 3 is 2.44 bits per heavy atom. The van der Waals surface area contributed by atoms with Gasteiger partial charge in [-0.2, -0.15) is 0 Å². The lowest BCUT2D eigenvalue weighted by Crippen LogP contribution is -2.26. The third-order valence-corrected chi connectivity index (χ3v) is 3.93. The minimum atomic E-state index is -1.04. The summed E-state index contributed by atoms with van der Waals surface area (Å²) in [5.74, 6) is 0.774. The second-order valence-corrected chi connectivity index (χ2v) is 5.66. The van der Waals surface area contributed by atoms with E-state index in [0.717, 1.165) is 0 Å². The van der Waals surface area contributed by atoms with Crippen molar-refractivity contribution in [3.8, 4) is 0 Å². The van der Waals surface area contributed by atoms with Gasteiger partial charge in [0.15, 0.2) is 0 Å². The fraction of sp³-hybridized carbons (Fsp3) is 0.857. The first kappa shape index (κ1) is 16.8. The SMILES string of the molecule is CC(=O)CCSSCC(CO[N+](=O)[O-])O[N+](=O)[O-]. The van der Waals surface area contributed by atoms with Gasteiger partial charge in [0.2, 0.25) is 0 Å². The molecule has 0 aromatic carbocycles. The van der Waals surface area contributed by atoms with Crippen molar-refractivity contribution in [2.45, 2.75) is 19.4 Å². The molecule has 0 aliphatic carbocycles. The van der Waals surface area contributed by atoms with Crippen molar-refractivity contribution in [1.82, 2.24) is 0 Å². The Balaban J connectivity index is 3.81. The molecule has 0 bridgehead atoms. The highest BCUT2D eigenvalue weighted by molar-refractivity contribution is 8.76. The van der Waals surface area contributed by atoms with Crippen molar-refractivity contribution in [3.05, 3.63) is 20.2 Å². The maximum absolute atomic E-state index is 10.6. The van der Waals surface area contributed by atoms with E-state index < -0.39 is 22.9 Å². The van der Waals surface area contributed by atoms with Crippen LogP contribution in [0.25, 0.3) is 0 Å². The summed E-state index contributed by atoms with van der Waals surface area (Å²) in [5.41, 5.74) is 0. The summed E-state index contributed by atoms with van der Waals surface area (Å²) < 4.78 is 0. The molecular weight excluding hydrogens is 288 g/mol. The Kier molecular flexibility index (Phi) is 9.10. The van der Waals surface area contributed by atoms with Crippen molar-refractivity contribution in [3.63, 3.8) is 0 Å². The number of Topliss-reactive ketones (excluding diaryl/α,β-unsaturated/α-hetero) is 1. The van der Waals surface area contributed by atoms with Gasteiger partial charge in [-0.3, -0.25) is 4.79 Å². The highest BCUT2D eigenvalue weighted by atomic mass is 33.1. The zero-order valence-electron chi connectivity index (χ0n) is 9.47. The first-order valence-corrected chi connectivity index (χ1v) is 7.23. The molecule has 0 aliphatic rings. The fourth-order valence-electron chi connectivity index (χ4n) is 0.743. The lowest BCUT2D eigenvalue weighted by Gasteiger charge is -2.12. The molecule has 0 aromatic rings. The Hall–Kier alpha value is -1.23. The van der Waals surface area contributed by atoms with Crippen LogP contribution in [0.2, 0.25) is 0 Å². The zero-order chi connectivity index (χ0) is 14.0. The van der Waals surface area contributed by atoms with Gasteiger partial charge in [-0.1, -0.05) is 21.6 Å². The van der Waals surface area contributed by atoms with Gasteiger partial charge < -0.3 is 9.68 Å². The molecule has 1 atom stereocenters. The quantitative estimate of drug-likeness (QED) is 0.239. The van der Waals surface area contributed by atoms with E-state index in [1.165, 1.54) is 28.5 Å². The average molecular weight is 300 g/mol. The summed E-state index contributed by atoms with van der Waals surface area (Å²) in [6.45, 7) is 0.961. The molecule has 0 heterocycles. The number of rotatable bonds is 11. The molecule has 18 heavy (non-hydrogen) atoms. The van der Waals surface area contributed by atoms with E-state index in [2.05, 4.69) is 9.68 Å². The van der Waals surface area contributed by atoms with Gasteiger partial charge in [-0.25, -0.2) is 0 Å². The molecule has 9 nitrogen and oxygen atoms in total. The molecule has 0 aliphatic heterocycles. The number of ketones is 1. The van der Waals surface area contributed by atoms with Crippen LogP contribution < -0.4 is 0 Å². The van der Waals surface area contributed by atoms with Crippen LogP contribution in [0.5, 0.6) is 0 Å². The fourth-order valence-corrected chi connectivity index (χ4v) is 2.98. The Labute approximate surface area is 110 Å². The van der Waals surface area contributed by atoms with Crippen molar-refractivity contribution in [2.75, 3.05) is 18.1 Å². The maximum atomic E-state index is 10.6. The highest BCUT2D eigenvalue weighted by Gasteiger charge is 2.16. The maximum Gasteiger partial charge on any atom is 0.294 e. The summed E-state index contributed by atoms with van der Waals surface area (Å²) >= 11 is 0. The smallest absolute Gasteiger partial charge is 0.294 e. The Morgan fingerprint density at radius 2 is 1.94 bits per heavy atom. The molecule has 11 heteroatoms. The van der Waals surface area contributed by atoms with Gasteiger partial charge in [0.1, 0.15) is 18.5 Å². The van der Waals surface area contributed by atoms with Crippen LogP contribution in [0.4, 0.5) is 0 Å². The van der Waals surface area contributed by atoms with E-state index in [9.17, 15) is 25.0 Å². The zero-order valence-corrected chi connectivity index (χ0v) is 11.1. The molecule has 0 rings (SSSR count). The van der Waals surface area contributed by atoms with Crippen molar-refractivity contribution in [1.29, 1.82) is 0 Å². The molecule has 1 unspecified atom stereocenters. The van der Waals surface area contributed by atoms with Crippen LogP contribution in [0.3, 0.4) is 0 Å². The second kappa shape index (κ2) is 9.76.